The fraction of sp³-hybridized carbons (Fsp3) is 0.500. The van der Waals surface area contributed by atoms with Gasteiger partial charge in [0.15, 0.2) is 17.1 Å². The Labute approximate surface area is 201 Å². The van der Waals surface area contributed by atoms with E-state index in [1.54, 1.807) is 10.7 Å². The summed E-state index contributed by atoms with van der Waals surface area (Å²) in [7, 11) is 0. The molecule has 1 N–H and O–H groups in total. The lowest BCUT2D eigenvalue weighted by Gasteiger charge is -2.23. The third-order valence-corrected chi connectivity index (χ3v) is 6.54. The Kier molecular flexibility index (Phi) is 7.36. The highest BCUT2D eigenvalue weighted by Gasteiger charge is 2.24. The fourth-order valence-electron chi connectivity index (χ4n) is 4.82. The predicted molar refractivity (Wildman–Crippen MR) is 133 cm³/mol. The number of hydrogen-bond donors (Lipinski definition) is 1. The van der Waals surface area contributed by atoms with Crippen molar-refractivity contribution in [3.8, 4) is 22.6 Å². The number of nitrogens with zero attached hydrogens (tertiary/aromatic N) is 4. The summed E-state index contributed by atoms with van der Waals surface area (Å²) in [5.41, 5.74) is 4.74. The molecule has 1 aromatic carbocycles. The summed E-state index contributed by atoms with van der Waals surface area (Å²) in [5, 5.41) is 7.83. The summed E-state index contributed by atoms with van der Waals surface area (Å²) in [4.78, 5) is 20.1. The topological polar surface area (TPSA) is 81.0 Å². The van der Waals surface area contributed by atoms with E-state index in [0.717, 1.165) is 42.0 Å². The summed E-state index contributed by atoms with van der Waals surface area (Å²) < 4.78 is 13.3. The molecule has 0 radical (unpaired) electrons. The molecule has 4 rings (SSSR count). The zero-order valence-electron chi connectivity index (χ0n) is 20.9. The number of likely N-dealkylation sites (N-methyl/N-ethyl adjacent to an activating group) is 1. The van der Waals surface area contributed by atoms with E-state index in [1.165, 1.54) is 6.42 Å². The van der Waals surface area contributed by atoms with Crippen molar-refractivity contribution in [2.75, 3.05) is 32.8 Å². The zero-order chi connectivity index (χ0) is 24.2. The number of nitrogens with one attached hydrogen (secondary N) is 1. The molecular formula is C26H35N5O3. The molecule has 8 nitrogen and oxygen atoms in total. The van der Waals surface area contributed by atoms with Crippen molar-refractivity contribution in [1.29, 1.82) is 0 Å². The van der Waals surface area contributed by atoms with Crippen LogP contribution in [0.2, 0.25) is 0 Å². The molecule has 0 spiro atoms. The first-order valence-electron chi connectivity index (χ1n) is 12.3. The van der Waals surface area contributed by atoms with E-state index in [9.17, 15) is 4.79 Å². The van der Waals surface area contributed by atoms with Crippen molar-refractivity contribution >= 4 is 11.6 Å². The smallest absolute Gasteiger partial charge is 0.254 e. The van der Waals surface area contributed by atoms with Crippen LogP contribution >= 0.6 is 0 Å². The lowest BCUT2D eigenvalue weighted by molar-refractivity contribution is 0.0939. The number of ether oxygens (including phenoxy) is 2. The van der Waals surface area contributed by atoms with Crippen molar-refractivity contribution in [2.45, 2.75) is 53.5 Å². The van der Waals surface area contributed by atoms with Crippen LogP contribution in [0.1, 0.15) is 55.4 Å². The minimum Gasteiger partial charge on any atom is -0.490 e. The van der Waals surface area contributed by atoms with Gasteiger partial charge in [0.2, 0.25) is 0 Å². The van der Waals surface area contributed by atoms with E-state index in [1.807, 2.05) is 45.9 Å². The molecule has 0 aliphatic carbocycles. The number of fused-ring (bicyclic) bond motifs is 1. The largest absolute Gasteiger partial charge is 0.490 e. The van der Waals surface area contributed by atoms with E-state index in [-0.39, 0.29) is 5.91 Å². The van der Waals surface area contributed by atoms with Crippen LogP contribution in [0.25, 0.3) is 16.8 Å². The summed E-state index contributed by atoms with van der Waals surface area (Å²) in [6, 6.07) is 6.29. The number of carbonyl (C=O) groups excluding carboxylic acids is 1. The molecule has 1 saturated heterocycles. The summed E-state index contributed by atoms with van der Waals surface area (Å²) in [5.74, 6) is 1.31. The second kappa shape index (κ2) is 10.4. The average molecular weight is 466 g/mol. The zero-order valence-corrected chi connectivity index (χ0v) is 20.9. The van der Waals surface area contributed by atoms with E-state index in [2.05, 4.69) is 22.1 Å². The molecule has 8 heteroatoms. The third-order valence-electron chi connectivity index (χ3n) is 6.54. The molecule has 2 aromatic heterocycles. The fourth-order valence-corrected chi connectivity index (χ4v) is 4.82. The van der Waals surface area contributed by atoms with Crippen molar-refractivity contribution in [2.24, 2.45) is 0 Å². The lowest BCUT2D eigenvalue weighted by atomic mass is 10.1. The summed E-state index contributed by atoms with van der Waals surface area (Å²) in [6.45, 7) is 13.8. The normalized spacial score (nSPS) is 16.2. The van der Waals surface area contributed by atoms with Crippen molar-refractivity contribution < 1.29 is 14.3 Å². The molecule has 1 amide bonds. The molecule has 1 aliphatic rings. The maximum Gasteiger partial charge on any atom is 0.254 e. The van der Waals surface area contributed by atoms with Gasteiger partial charge in [-0.05, 0) is 71.3 Å². The molecule has 34 heavy (non-hydrogen) atoms. The van der Waals surface area contributed by atoms with Gasteiger partial charge in [-0.25, -0.2) is 9.50 Å². The Bertz CT molecular complexity index is 1170. The van der Waals surface area contributed by atoms with Crippen LogP contribution in [-0.2, 0) is 0 Å². The molecule has 1 unspecified atom stereocenters. The van der Waals surface area contributed by atoms with Gasteiger partial charge in [-0.15, -0.1) is 0 Å². The van der Waals surface area contributed by atoms with Gasteiger partial charge in [-0.2, -0.15) is 5.10 Å². The van der Waals surface area contributed by atoms with Crippen LogP contribution in [0.5, 0.6) is 11.5 Å². The van der Waals surface area contributed by atoms with Gasteiger partial charge >= 0.3 is 0 Å². The number of rotatable bonds is 9. The Hall–Kier alpha value is -3.13. The van der Waals surface area contributed by atoms with Crippen LogP contribution < -0.4 is 14.8 Å². The summed E-state index contributed by atoms with van der Waals surface area (Å²) >= 11 is 0. The second-order valence-electron chi connectivity index (χ2n) is 8.62. The van der Waals surface area contributed by atoms with E-state index in [0.29, 0.717) is 48.5 Å². The number of amides is 1. The maximum absolute atomic E-state index is 13.0. The highest BCUT2D eigenvalue weighted by atomic mass is 16.5. The molecule has 182 valence electrons. The van der Waals surface area contributed by atoms with Crippen LogP contribution in [0.3, 0.4) is 0 Å². The number of likely N-dealkylation sites (tertiary alicyclic amines) is 1. The van der Waals surface area contributed by atoms with Crippen LogP contribution in [-0.4, -0.2) is 64.3 Å². The van der Waals surface area contributed by atoms with Gasteiger partial charge in [-0.3, -0.25) is 9.69 Å². The Morgan fingerprint density at radius 1 is 1.15 bits per heavy atom. The van der Waals surface area contributed by atoms with Gasteiger partial charge < -0.3 is 14.8 Å². The first kappa shape index (κ1) is 24.0. The Balaban J connectivity index is 1.63. The highest BCUT2D eigenvalue weighted by Crippen LogP contribution is 2.36. The van der Waals surface area contributed by atoms with Gasteiger partial charge in [0, 0.05) is 24.3 Å². The average Bonchev–Trinajstić information content (AvgIpc) is 3.43. The number of aryl methyl sites for hydroxylation is 2. The maximum atomic E-state index is 13.0. The van der Waals surface area contributed by atoms with Gasteiger partial charge in [-0.1, -0.05) is 13.0 Å². The van der Waals surface area contributed by atoms with E-state index < -0.39 is 0 Å². The minimum absolute atomic E-state index is 0.107. The second-order valence-corrected chi connectivity index (χ2v) is 8.62. The van der Waals surface area contributed by atoms with Crippen LogP contribution in [0, 0.1) is 13.8 Å². The number of carbonyl (C=O) groups is 1. The number of hydrogen-bond acceptors (Lipinski definition) is 6. The van der Waals surface area contributed by atoms with E-state index in [4.69, 9.17) is 14.6 Å². The van der Waals surface area contributed by atoms with Crippen LogP contribution in [0.15, 0.2) is 24.4 Å². The highest BCUT2D eigenvalue weighted by molar-refractivity contribution is 5.95. The van der Waals surface area contributed by atoms with Gasteiger partial charge in [0.25, 0.3) is 5.91 Å². The quantitative estimate of drug-likeness (QED) is 0.514. The summed E-state index contributed by atoms with van der Waals surface area (Å²) in [6.07, 6.45) is 3.97. The first-order valence-corrected chi connectivity index (χ1v) is 12.3. The molecule has 3 heterocycles. The molecule has 1 fully saturated rings. The lowest BCUT2D eigenvalue weighted by Crippen LogP contribution is -2.40. The van der Waals surface area contributed by atoms with Gasteiger partial charge in [0.1, 0.15) is 0 Å². The first-order chi connectivity index (χ1) is 16.5. The molecule has 0 saturated carbocycles. The molecule has 1 aliphatic heterocycles. The molecular weight excluding hydrogens is 430 g/mol. The number of aromatic nitrogens is 3. The van der Waals surface area contributed by atoms with Gasteiger partial charge in [0.05, 0.1) is 30.2 Å². The standard InChI is InChI=1S/C26H35N5O3/c1-6-30-13-9-10-20(30)15-28-26(32)21-16-27-25-24(17(4)29-31(25)18(21)5)19-11-12-22(33-7-2)23(14-19)34-8-3/h11-12,14,16,20H,6-10,13,15H2,1-5H3,(H,28,32). The predicted octanol–water partition coefficient (Wildman–Crippen LogP) is 4.02. The molecule has 0 bridgehead atoms. The molecule has 3 aromatic rings. The third kappa shape index (κ3) is 4.59. The van der Waals surface area contributed by atoms with E-state index >= 15 is 0 Å². The minimum atomic E-state index is -0.107. The monoisotopic (exact) mass is 465 g/mol. The molecule has 1 atom stereocenters. The Morgan fingerprint density at radius 2 is 1.91 bits per heavy atom. The SMILES string of the molecule is CCOc1ccc(-c2c(C)nn3c(C)c(C(=O)NCC4CCCN4CC)cnc23)cc1OCC. The van der Waals surface area contributed by atoms with Crippen molar-refractivity contribution in [3.05, 3.63) is 41.3 Å². The Morgan fingerprint density at radius 3 is 2.65 bits per heavy atom. The van der Waals surface area contributed by atoms with Crippen molar-refractivity contribution in [3.63, 3.8) is 0 Å². The van der Waals surface area contributed by atoms with Crippen molar-refractivity contribution in [1.82, 2.24) is 24.8 Å². The number of benzene rings is 1. The van der Waals surface area contributed by atoms with Crippen LogP contribution in [0.4, 0.5) is 0 Å².